The minimum Gasteiger partial charge on any atom is -0.335 e. The van der Waals surface area contributed by atoms with Crippen LogP contribution in [0, 0.1) is 11.3 Å². The van der Waals surface area contributed by atoms with Crippen molar-refractivity contribution in [1.82, 2.24) is 9.88 Å². The van der Waals surface area contributed by atoms with Crippen LogP contribution in [0.5, 0.6) is 0 Å². The van der Waals surface area contributed by atoms with Crippen LogP contribution in [-0.4, -0.2) is 22.8 Å². The van der Waals surface area contributed by atoms with Gasteiger partial charge in [0, 0.05) is 12.6 Å². The van der Waals surface area contributed by atoms with Crippen molar-refractivity contribution in [3.63, 3.8) is 0 Å². The molecule has 0 radical (unpaired) electrons. The maximum atomic E-state index is 12.4. The van der Waals surface area contributed by atoms with E-state index in [1.54, 1.807) is 47.5 Å². The number of rotatable bonds is 3. The zero-order valence-corrected chi connectivity index (χ0v) is 12.8. The monoisotopic (exact) mass is 307 g/mol. The van der Waals surface area contributed by atoms with Crippen molar-refractivity contribution in [1.29, 1.82) is 5.26 Å². The Morgan fingerprint density at radius 1 is 1.27 bits per heavy atom. The molecule has 4 nitrogen and oxygen atoms in total. The maximum Gasteiger partial charge on any atom is 0.254 e. The summed E-state index contributed by atoms with van der Waals surface area (Å²) in [6, 6.07) is 16.7. The third-order valence-corrected chi connectivity index (χ3v) is 4.32. The Balaban J connectivity index is 1.79. The van der Waals surface area contributed by atoms with Crippen molar-refractivity contribution in [3.8, 4) is 6.07 Å². The van der Waals surface area contributed by atoms with E-state index < -0.39 is 0 Å². The Morgan fingerprint density at radius 3 is 2.86 bits per heavy atom. The first-order chi connectivity index (χ1) is 10.7. The van der Waals surface area contributed by atoms with Crippen LogP contribution in [0.15, 0.2) is 48.5 Å². The fraction of sp³-hybridized carbons (Fsp3) is 0.118. The first-order valence-corrected chi connectivity index (χ1v) is 7.59. The van der Waals surface area contributed by atoms with Gasteiger partial charge in [-0.3, -0.25) is 4.79 Å². The molecule has 0 aliphatic heterocycles. The van der Waals surface area contributed by atoms with Crippen LogP contribution in [0.3, 0.4) is 0 Å². The second kappa shape index (κ2) is 5.96. The molecular weight excluding hydrogens is 294 g/mol. The summed E-state index contributed by atoms with van der Waals surface area (Å²) in [6.07, 6.45) is 0. The van der Waals surface area contributed by atoms with Gasteiger partial charge < -0.3 is 4.90 Å². The second-order valence-electron chi connectivity index (χ2n) is 4.93. The zero-order valence-electron chi connectivity index (χ0n) is 12.0. The summed E-state index contributed by atoms with van der Waals surface area (Å²) in [6.45, 7) is 0.453. The number of aromatic nitrogens is 1. The van der Waals surface area contributed by atoms with Gasteiger partial charge in [0.2, 0.25) is 0 Å². The molecule has 1 amide bonds. The molecule has 0 N–H and O–H groups in total. The number of amides is 1. The van der Waals surface area contributed by atoms with E-state index in [4.69, 9.17) is 5.26 Å². The number of para-hydroxylation sites is 1. The third-order valence-electron chi connectivity index (χ3n) is 3.30. The van der Waals surface area contributed by atoms with Gasteiger partial charge in [0.1, 0.15) is 5.01 Å². The molecule has 1 aromatic heterocycles. The molecule has 22 heavy (non-hydrogen) atoms. The van der Waals surface area contributed by atoms with Gasteiger partial charge in [-0.25, -0.2) is 4.98 Å². The normalized spacial score (nSPS) is 10.4. The molecule has 0 bridgehead atoms. The van der Waals surface area contributed by atoms with Gasteiger partial charge >= 0.3 is 0 Å². The number of benzene rings is 2. The van der Waals surface area contributed by atoms with Crippen molar-refractivity contribution in [2.75, 3.05) is 7.05 Å². The van der Waals surface area contributed by atoms with Crippen LogP contribution in [0.25, 0.3) is 10.2 Å². The van der Waals surface area contributed by atoms with Crippen LogP contribution in [0.1, 0.15) is 20.9 Å². The van der Waals surface area contributed by atoms with E-state index in [0.29, 0.717) is 17.7 Å². The lowest BCUT2D eigenvalue weighted by atomic mass is 10.1. The minimum atomic E-state index is -0.114. The van der Waals surface area contributed by atoms with E-state index in [2.05, 4.69) is 4.98 Å². The van der Waals surface area contributed by atoms with Crippen LogP contribution < -0.4 is 0 Å². The largest absolute Gasteiger partial charge is 0.335 e. The van der Waals surface area contributed by atoms with Crippen molar-refractivity contribution in [2.24, 2.45) is 0 Å². The first-order valence-electron chi connectivity index (χ1n) is 6.77. The number of carbonyl (C=O) groups excluding carboxylic acids is 1. The molecular formula is C17H13N3OS. The zero-order chi connectivity index (χ0) is 15.5. The lowest BCUT2D eigenvalue weighted by Gasteiger charge is -2.15. The van der Waals surface area contributed by atoms with Crippen molar-refractivity contribution in [3.05, 3.63) is 64.7 Å². The van der Waals surface area contributed by atoms with Crippen molar-refractivity contribution < 1.29 is 4.79 Å². The quantitative estimate of drug-likeness (QED) is 0.745. The van der Waals surface area contributed by atoms with Gasteiger partial charge in [0.05, 0.1) is 28.4 Å². The van der Waals surface area contributed by atoms with Crippen molar-refractivity contribution >= 4 is 27.5 Å². The molecule has 0 atom stereocenters. The molecule has 1 heterocycles. The molecule has 0 unspecified atom stereocenters. The number of nitriles is 1. The molecule has 2 aromatic carbocycles. The molecule has 0 fully saturated rings. The van der Waals surface area contributed by atoms with E-state index in [1.807, 2.05) is 30.3 Å². The lowest BCUT2D eigenvalue weighted by Crippen LogP contribution is -2.26. The number of hydrogen-bond donors (Lipinski definition) is 0. The highest BCUT2D eigenvalue weighted by atomic mass is 32.1. The highest BCUT2D eigenvalue weighted by molar-refractivity contribution is 7.18. The van der Waals surface area contributed by atoms with Crippen LogP contribution in [0.4, 0.5) is 0 Å². The van der Waals surface area contributed by atoms with Crippen LogP contribution in [0.2, 0.25) is 0 Å². The van der Waals surface area contributed by atoms with E-state index in [0.717, 1.165) is 15.2 Å². The maximum absolute atomic E-state index is 12.4. The van der Waals surface area contributed by atoms with E-state index >= 15 is 0 Å². The Hall–Kier alpha value is -2.71. The highest BCUT2D eigenvalue weighted by Crippen LogP contribution is 2.22. The number of fused-ring (bicyclic) bond motifs is 1. The van der Waals surface area contributed by atoms with Gasteiger partial charge in [-0.15, -0.1) is 11.3 Å². The summed E-state index contributed by atoms with van der Waals surface area (Å²) >= 11 is 1.59. The van der Waals surface area contributed by atoms with Gasteiger partial charge in [0.25, 0.3) is 5.91 Å². The summed E-state index contributed by atoms with van der Waals surface area (Å²) in [7, 11) is 1.74. The molecule has 0 saturated carbocycles. The topological polar surface area (TPSA) is 57.0 Å². The lowest BCUT2D eigenvalue weighted by molar-refractivity contribution is 0.0785. The summed E-state index contributed by atoms with van der Waals surface area (Å²) in [5, 5.41) is 9.81. The van der Waals surface area contributed by atoms with Gasteiger partial charge in [-0.05, 0) is 30.3 Å². The minimum absolute atomic E-state index is 0.114. The molecule has 5 heteroatoms. The number of hydrogen-bond acceptors (Lipinski definition) is 4. The molecule has 0 aliphatic rings. The molecule has 3 rings (SSSR count). The third kappa shape index (κ3) is 2.83. The summed E-state index contributed by atoms with van der Waals surface area (Å²) in [4.78, 5) is 18.6. The van der Waals surface area contributed by atoms with Gasteiger partial charge in [0.15, 0.2) is 0 Å². The Morgan fingerprint density at radius 2 is 2.09 bits per heavy atom. The fourth-order valence-electron chi connectivity index (χ4n) is 2.20. The Labute approximate surface area is 132 Å². The Kier molecular flexibility index (Phi) is 3.86. The van der Waals surface area contributed by atoms with E-state index in [9.17, 15) is 4.79 Å². The number of carbonyl (C=O) groups is 1. The molecule has 108 valence electrons. The Bertz CT molecular complexity index is 846. The predicted molar refractivity (Wildman–Crippen MR) is 86.6 cm³/mol. The van der Waals surface area contributed by atoms with Gasteiger partial charge in [-0.2, -0.15) is 5.26 Å². The number of nitrogens with zero attached hydrogens (tertiary/aromatic N) is 3. The fourth-order valence-corrected chi connectivity index (χ4v) is 3.23. The smallest absolute Gasteiger partial charge is 0.254 e. The summed E-state index contributed by atoms with van der Waals surface area (Å²) < 4.78 is 1.12. The number of thiazole rings is 1. The molecule has 0 spiro atoms. The average Bonchev–Trinajstić information content (AvgIpc) is 2.96. The van der Waals surface area contributed by atoms with Gasteiger partial charge in [-0.1, -0.05) is 18.2 Å². The van der Waals surface area contributed by atoms with Crippen LogP contribution in [-0.2, 0) is 6.54 Å². The summed E-state index contributed by atoms with van der Waals surface area (Å²) in [5.74, 6) is -0.114. The van der Waals surface area contributed by atoms with Crippen molar-refractivity contribution in [2.45, 2.75) is 6.54 Å². The standard InChI is InChI=1S/C17H13N3OS/c1-20(17(21)13-6-4-5-12(9-13)10-18)11-16-19-14-7-2-3-8-15(14)22-16/h2-9H,11H2,1H3. The van der Waals surface area contributed by atoms with Crippen LogP contribution >= 0.6 is 11.3 Å². The van der Waals surface area contributed by atoms with E-state index in [-0.39, 0.29) is 5.91 Å². The second-order valence-corrected chi connectivity index (χ2v) is 6.04. The molecule has 0 saturated heterocycles. The molecule has 0 aliphatic carbocycles. The summed E-state index contributed by atoms with van der Waals surface area (Å²) in [5.41, 5.74) is 1.96. The SMILES string of the molecule is CN(Cc1nc2ccccc2s1)C(=O)c1cccc(C#N)c1. The first kappa shape index (κ1) is 14.2. The van der Waals surface area contributed by atoms with E-state index in [1.165, 1.54) is 0 Å². The average molecular weight is 307 g/mol. The molecule has 3 aromatic rings. The predicted octanol–water partition coefficient (Wildman–Crippen LogP) is 3.44. The highest BCUT2D eigenvalue weighted by Gasteiger charge is 2.14.